The average molecular weight is 193 g/mol. The molecule has 1 aromatic rings. The monoisotopic (exact) mass is 193 g/mol. The number of benzene rings is 1. The van der Waals surface area contributed by atoms with E-state index in [1.54, 1.807) is 0 Å². The van der Waals surface area contributed by atoms with E-state index in [1.165, 1.54) is 5.56 Å². The van der Waals surface area contributed by atoms with Gasteiger partial charge in [-0.3, -0.25) is 0 Å². The second kappa shape index (κ2) is 5.66. The van der Waals surface area contributed by atoms with Gasteiger partial charge in [0.05, 0.1) is 6.61 Å². The maximum atomic E-state index is 5.63. The molecule has 0 aliphatic rings. The van der Waals surface area contributed by atoms with Crippen LogP contribution in [0, 0.1) is 5.92 Å². The van der Waals surface area contributed by atoms with Crippen LogP contribution in [-0.4, -0.2) is 13.7 Å². The molecule has 0 fully saturated rings. The Kier molecular flexibility index (Phi) is 4.47. The van der Waals surface area contributed by atoms with Crippen molar-refractivity contribution in [2.75, 3.05) is 13.7 Å². The summed E-state index contributed by atoms with van der Waals surface area (Å²) < 4.78 is 5.63. The molecule has 0 saturated heterocycles. The van der Waals surface area contributed by atoms with Crippen molar-refractivity contribution >= 4 is 0 Å². The van der Waals surface area contributed by atoms with Crippen molar-refractivity contribution in [1.29, 1.82) is 0 Å². The predicted octanol–water partition coefficient (Wildman–Crippen LogP) is 2.44. The van der Waals surface area contributed by atoms with Gasteiger partial charge in [-0.2, -0.15) is 0 Å². The summed E-state index contributed by atoms with van der Waals surface area (Å²) in [5.41, 5.74) is 1.26. The van der Waals surface area contributed by atoms with E-state index in [1.807, 2.05) is 19.2 Å². The highest BCUT2D eigenvalue weighted by Crippen LogP contribution is 2.13. The lowest BCUT2D eigenvalue weighted by Crippen LogP contribution is -2.07. The second-order valence-corrected chi connectivity index (χ2v) is 3.88. The van der Waals surface area contributed by atoms with Gasteiger partial charge in [-0.15, -0.1) is 0 Å². The lowest BCUT2D eigenvalue weighted by molar-refractivity contribution is 0.271. The maximum absolute atomic E-state index is 5.63. The largest absolute Gasteiger partial charge is 0.493 e. The topological polar surface area (TPSA) is 21.3 Å². The number of rotatable bonds is 5. The van der Waals surface area contributed by atoms with Crippen LogP contribution < -0.4 is 10.1 Å². The highest BCUT2D eigenvalue weighted by molar-refractivity contribution is 5.28. The molecule has 1 N–H and O–H groups in total. The van der Waals surface area contributed by atoms with Crippen LogP contribution in [0.4, 0.5) is 0 Å². The van der Waals surface area contributed by atoms with Gasteiger partial charge in [-0.05, 0) is 30.7 Å². The molecule has 2 nitrogen and oxygen atoms in total. The Morgan fingerprint density at radius 2 is 2.14 bits per heavy atom. The first-order valence-corrected chi connectivity index (χ1v) is 5.08. The first-order chi connectivity index (χ1) is 6.72. The van der Waals surface area contributed by atoms with Crippen LogP contribution in [0.1, 0.15) is 19.4 Å². The normalized spacial score (nSPS) is 10.6. The third-order valence-electron chi connectivity index (χ3n) is 1.86. The Morgan fingerprint density at radius 1 is 1.36 bits per heavy atom. The lowest BCUT2D eigenvalue weighted by atomic mass is 10.2. The fraction of sp³-hybridized carbons (Fsp3) is 0.500. The first kappa shape index (κ1) is 11.1. The zero-order chi connectivity index (χ0) is 10.4. The van der Waals surface area contributed by atoms with Crippen LogP contribution in [0.2, 0.25) is 0 Å². The summed E-state index contributed by atoms with van der Waals surface area (Å²) in [5.74, 6) is 1.54. The molecular formula is C12H19NO. The molecule has 0 unspecified atom stereocenters. The highest BCUT2D eigenvalue weighted by atomic mass is 16.5. The van der Waals surface area contributed by atoms with Crippen molar-refractivity contribution in [2.24, 2.45) is 5.92 Å². The number of hydrogen-bond acceptors (Lipinski definition) is 2. The Hall–Kier alpha value is -1.02. The Morgan fingerprint density at radius 3 is 2.79 bits per heavy atom. The Bertz CT molecular complexity index is 271. The molecule has 0 aliphatic heterocycles. The second-order valence-electron chi connectivity index (χ2n) is 3.88. The summed E-state index contributed by atoms with van der Waals surface area (Å²) in [6.45, 7) is 5.97. The number of ether oxygens (including phenoxy) is 1. The van der Waals surface area contributed by atoms with E-state index >= 15 is 0 Å². The Labute approximate surface area is 86.3 Å². The molecule has 0 atom stereocenters. The van der Waals surface area contributed by atoms with Gasteiger partial charge >= 0.3 is 0 Å². The quantitative estimate of drug-likeness (QED) is 0.775. The molecule has 1 aromatic carbocycles. The molecule has 0 bridgehead atoms. The van der Waals surface area contributed by atoms with Crippen molar-refractivity contribution < 1.29 is 4.74 Å². The fourth-order valence-electron chi connectivity index (χ4n) is 1.21. The summed E-state index contributed by atoms with van der Waals surface area (Å²) in [4.78, 5) is 0. The molecule has 0 radical (unpaired) electrons. The van der Waals surface area contributed by atoms with Gasteiger partial charge in [0.25, 0.3) is 0 Å². The van der Waals surface area contributed by atoms with Gasteiger partial charge < -0.3 is 10.1 Å². The SMILES string of the molecule is CNCc1cccc(OCC(C)C)c1. The molecule has 0 aliphatic carbocycles. The standard InChI is InChI=1S/C12H19NO/c1-10(2)9-14-12-6-4-5-11(7-12)8-13-3/h4-7,10,13H,8-9H2,1-3H3. The fourth-order valence-corrected chi connectivity index (χ4v) is 1.21. The van der Waals surface area contributed by atoms with Crippen LogP contribution in [-0.2, 0) is 6.54 Å². The van der Waals surface area contributed by atoms with Gasteiger partial charge in [0.2, 0.25) is 0 Å². The highest BCUT2D eigenvalue weighted by Gasteiger charge is 1.98. The summed E-state index contributed by atoms with van der Waals surface area (Å²) in [6, 6.07) is 8.21. The van der Waals surface area contributed by atoms with Crippen molar-refractivity contribution in [3.05, 3.63) is 29.8 Å². The minimum atomic E-state index is 0.572. The third kappa shape index (κ3) is 3.79. The van der Waals surface area contributed by atoms with Gasteiger partial charge in [-0.25, -0.2) is 0 Å². The van der Waals surface area contributed by atoms with E-state index in [4.69, 9.17) is 4.74 Å². The van der Waals surface area contributed by atoms with Gasteiger partial charge in [0, 0.05) is 6.54 Å². The van der Waals surface area contributed by atoms with Crippen molar-refractivity contribution in [1.82, 2.24) is 5.32 Å². The predicted molar refractivity (Wildman–Crippen MR) is 59.5 cm³/mol. The first-order valence-electron chi connectivity index (χ1n) is 5.08. The summed E-state index contributed by atoms with van der Waals surface area (Å²) in [6.07, 6.45) is 0. The minimum Gasteiger partial charge on any atom is -0.493 e. The van der Waals surface area contributed by atoms with E-state index < -0.39 is 0 Å². The molecular weight excluding hydrogens is 174 g/mol. The van der Waals surface area contributed by atoms with Crippen molar-refractivity contribution in [3.63, 3.8) is 0 Å². The van der Waals surface area contributed by atoms with Crippen molar-refractivity contribution in [3.8, 4) is 5.75 Å². The smallest absolute Gasteiger partial charge is 0.119 e. The van der Waals surface area contributed by atoms with Crippen LogP contribution >= 0.6 is 0 Å². The summed E-state index contributed by atoms with van der Waals surface area (Å²) >= 11 is 0. The number of hydrogen-bond donors (Lipinski definition) is 1. The van der Waals surface area contributed by atoms with Crippen molar-refractivity contribution in [2.45, 2.75) is 20.4 Å². The molecule has 0 heterocycles. The van der Waals surface area contributed by atoms with E-state index in [9.17, 15) is 0 Å². The average Bonchev–Trinajstić information content (AvgIpc) is 2.16. The van der Waals surface area contributed by atoms with E-state index in [0.29, 0.717) is 5.92 Å². The molecule has 1 rings (SSSR count). The molecule has 0 aromatic heterocycles. The number of nitrogens with one attached hydrogen (secondary N) is 1. The summed E-state index contributed by atoms with van der Waals surface area (Å²) in [5, 5.41) is 3.12. The van der Waals surface area contributed by atoms with Crippen LogP contribution in [0.5, 0.6) is 5.75 Å². The summed E-state index contributed by atoms with van der Waals surface area (Å²) in [7, 11) is 1.95. The maximum Gasteiger partial charge on any atom is 0.119 e. The molecule has 2 heteroatoms. The zero-order valence-corrected chi connectivity index (χ0v) is 9.21. The zero-order valence-electron chi connectivity index (χ0n) is 9.21. The Balaban J connectivity index is 2.54. The lowest BCUT2D eigenvalue weighted by Gasteiger charge is -2.09. The third-order valence-corrected chi connectivity index (χ3v) is 1.86. The van der Waals surface area contributed by atoms with Gasteiger partial charge in [0.1, 0.15) is 5.75 Å². The van der Waals surface area contributed by atoms with E-state index in [0.717, 1.165) is 18.9 Å². The molecule has 78 valence electrons. The van der Waals surface area contributed by atoms with Crippen LogP contribution in [0.15, 0.2) is 24.3 Å². The molecule has 0 spiro atoms. The molecule has 14 heavy (non-hydrogen) atoms. The minimum absolute atomic E-state index is 0.572. The van der Waals surface area contributed by atoms with Crippen LogP contribution in [0.3, 0.4) is 0 Å². The van der Waals surface area contributed by atoms with E-state index in [2.05, 4.69) is 31.3 Å². The molecule has 0 amide bonds. The van der Waals surface area contributed by atoms with E-state index in [-0.39, 0.29) is 0 Å². The molecule has 0 saturated carbocycles. The van der Waals surface area contributed by atoms with Gasteiger partial charge in [-0.1, -0.05) is 26.0 Å². The van der Waals surface area contributed by atoms with Gasteiger partial charge in [0.15, 0.2) is 0 Å². The van der Waals surface area contributed by atoms with Crippen LogP contribution in [0.25, 0.3) is 0 Å².